The highest BCUT2D eigenvalue weighted by atomic mass is 35.5. The van der Waals surface area contributed by atoms with E-state index in [9.17, 15) is 18.5 Å². The zero-order valence-corrected chi connectivity index (χ0v) is 11.6. The Hall–Kier alpha value is -1.34. The molecule has 1 saturated heterocycles. The van der Waals surface area contributed by atoms with E-state index in [-0.39, 0.29) is 23.2 Å². The predicted octanol–water partition coefficient (Wildman–Crippen LogP) is 2.24. The number of halogens is 1. The molecule has 8 heteroatoms. The second kappa shape index (κ2) is 5.34. The fourth-order valence-electron chi connectivity index (χ4n) is 1.99. The molecular formula is C11H13ClN2O4S. The van der Waals surface area contributed by atoms with E-state index in [0.717, 1.165) is 0 Å². The van der Waals surface area contributed by atoms with E-state index < -0.39 is 14.8 Å². The lowest BCUT2D eigenvalue weighted by molar-refractivity contribution is -0.384. The first kappa shape index (κ1) is 14.1. The van der Waals surface area contributed by atoms with Gasteiger partial charge in [0.25, 0.3) is 5.69 Å². The van der Waals surface area contributed by atoms with Gasteiger partial charge in [-0.1, -0.05) is 11.6 Å². The number of non-ortho nitro benzene ring substituents is 1. The lowest BCUT2D eigenvalue weighted by Gasteiger charge is -2.24. The minimum absolute atomic E-state index is 0.0250. The molecule has 19 heavy (non-hydrogen) atoms. The normalized spacial score (nSPS) is 19.0. The number of hydrogen-bond donors (Lipinski definition) is 1. The summed E-state index contributed by atoms with van der Waals surface area (Å²) in [5.74, 6) is 0.272. The van der Waals surface area contributed by atoms with Gasteiger partial charge >= 0.3 is 0 Å². The van der Waals surface area contributed by atoms with Gasteiger partial charge in [-0.15, -0.1) is 0 Å². The molecule has 0 atom stereocenters. The quantitative estimate of drug-likeness (QED) is 0.683. The predicted molar refractivity (Wildman–Crippen MR) is 73.4 cm³/mol. The molecule has 1 aliphatic rings. The van der Waals surface area contributed by atoms with E-state index in [1.165, 1.54) is 18.2 Å². The molecule has 0 spiro atoms. The topological polar surface area (TPSA) is 89.3 Å². The van der Waals surface area contributed by atoms with Crippen molar-refractivity contribution in [3.8, 4) is 0 Å². The van der Waals surface area contributed by atoms with Crippen molar-refractivity contribution in [3.63, 3.8) is 0 Å². The standard InChI is InChI=1S/C11H13ClN2O4S/c12-10-2-1-9(14(15)16)7-11(10)13-8-3-5-19(17,18)6-4-8/h1-2,7-8,13H,3-6H2. The first-order chi connectivity index (χ1) is 8.87. The molecular weight excluding hydrogens is 292 g/mol. The van der Waals surface area contributed by atoms with E-state index in [4.69, 9.17) is 11.6 Å². The molecule has 2 rings (SSSR count). The van der Waals surface area contributed by atoms with Crippen molar-refractivity contribution in [1.29, 1.82) is 0 Å². The Morgan fingerprint density at radius 1 is 1.32 bits per heavy atom. The average Bonchev–Trinajstić information content (AvgIpc) is 2.34. The van der Waals surface area contributed by atoms with Crippen LogP contribution >= 0.6 is 11.6 Å². The van der Waals surface area contributed by atoms with Gasteiger partial charge in [0, 0.05) is 18.2 Å². The Balaban J connectivity index is 2.11. The van der Waals surface area contributed by atoms with Crippen LogP contribution in [0.3, 0.4) is 0 Å². The van der Waals surface area contributed by atoms with Gasteiger partial charge in [-0.05, 0) is 18.9 Å². The smallest absolute Gasteiger partial charge is 0.271 e. The number of nitrogens with zero attached hydrogens (tertiary/aromatic N) is 1. The maximum absolute atomic E-state index is 11.3. The third kappa shape index (κ3) is 3.57. The third-order valence-electron chi connectivity index (χ3n) is 3.08. The number of nitrogens with one attached hydrogen (secondary N) is 1. The molecule has 0 radical (unpaired) electrons. The highest BCUT2D eigenvalue weighted by molar-refractivity contribution is 7.91. The SMILES string of the molecule is O=[N+]([O-])c1ccc(Cl)c(NC2CCS(=O)(=O)CC2)c1. The Kier molecular flexibility index (Phi) is 3.96. The maximum Gasteiger partial charge on any atom is 0.271 e. The van der Waals surface area contributed by atoms with Gasteiger partial charge in [-0.3, -0.25) is 10.1 Å². The van der Waals surface area contributed by atoms with Crippen LogP contribution in [0.5, 0.6) is 0 Å². The monoisotopic (exact) mass is 304 g/mol. The van der Waals surface area contributed by atoms with Crippen molar-refractivity contribution < 1.29 is 13.3 Å². The van der Waals surface area contributed by atoms with Crippen molar-refractivity contribution in [2.45, 2.75) is 18.9 Å². The molecule has 0 aromatic heterocycles. The molecule has 0 bridgehead atoms. The summed E-state index contributed by atoms with van der Waals surface area (Å²) in [5.41, 5.74) is 0.426. The lowest BCUT2D eigenvalue weighted by atomic mass is 10.1. The van der Waals surface area contributed by atoms with Crippen molar-refractivity contribution in [3.05, 3.63) is 33.3 Å². The summed E-state index contributed by atoms with van der Waals surface area (Å²) in [7, 11) is -2.92. The minimum atomic E-state index is -2.92. The van der Waals surface area contributed by atoms with Crippen LogP contribution in [-0.4, -0.2) is 30.9 Å². The number of sulfone groups is 1. The van der Waals surface area contributed by atoms with Crippen molar-refractivity contribution in [2.24, 2.45) is 0 Å². The average molecular weight is 305 g/mol. The van der Waals surface area contributed by atoms with Crippen LogP contribution in [0.25, 0.3) is 0 Å². The highest BCUT2D eigenvalue weighted by Crippen LogP contribution is 2.28. The second-order valence-corrected chi connectivity index (χ2v) is 7.20. The van der Waals surface area contributed by atoms with Gasteiger partial charge in [0.2, 0.25) is 0 Å². The molecule has 1 aromatic rings. The number of benzene rings is 1. The van der Waals surface area contributed by atoms with Crippen LogP contribution < -0.4 is 5.32 Å². The van der Waals surface area contributed by atoms with Crippen molar-refractivity contribution in [1.82, 2.24) is 0 Å². The lowest BCUT2D eigenvalue weighted by Crippen LogP contribution is -2.32. The van der Waals surface area contributed by atoms with Crippen LogP contribution in [0.15, 0.2) is 18.2 Å². The summed E-state index contributed by atoms with van der Waals surface area (Å²) in [5, 5.41) is 14.2. The molecule has 1 fully saturated rings. The van der Waals surface area contributed by atoms with Crippen LogP contribution in [0.4, 0.5) is 11.4 Å². The zero-order valence-electron chi connectivity index (χ0n) is 10.0. The summed E-state index contributed by atoms with van der Waals surface area (Å²) < 4.78 is 22.6. The molecule has 1 heterocycles. The first-order valence-electron chi connectivity index (χ1n) is 5.78. The number of anilines is 1. The van der Waals surface area contributed by atoms with Gasteiger partial charge in [0.05, 0.1) is 27.1 Å². The zero-order chi connectivity index (χ0) is 14.0. The Bertz CT molecular complexity index is 589. The van der Waals surface area contributed by atoms with Gasteiger partial charge in [-0.2, -0.15) is 0 Å². The van der Waals surface area contributed by atoms with Gasteiger partial charge in [0.15, 0.2) is 0 Å². The number of rotatable bonds is 3. The molecule has 1 aromatic carbocycles. The summed E-state index contributed by atoms with van der Waals surface area (Å²) >= 11 is 5.97. The molecule has 0 saturated carbocycles. The third-order valence-corrected chi connectivity index (χ3v) is 5.12. The Morgan fingerprint density at radius 2 is 1.95 bits per heavy atom. The Morgan fingerprint density at radius 3 is 2.53 bits per heavy atom. The number of nitro benzene ring substituents is 1. The fourth-order valence-corrected chi connectivity index (χ4v) is 3.66. The van der Waals surface area contributed by atoms with Crippen molar-refractivity contribution >= 4 is 32.8 Å². The summed E-state index contributed by atoms with van der Waals surface area (Å²) in [6.07, 6.45) is 0.975. The summed E-state index contributed by atoms with van der Waals surface area (Å²) in [6.45, 7) is 0. The van der Waals surface area contributed by atoms with Gasteiger partial charge < -0.3 is 5.32 Å². The van der Waals surface area contributed by atoms with Gasteiger partial charge in [0.1, 0.15) is 9.84 Å². The minimum Gasteiger partial charge on any atom is -0.381 e. The molecule has 0 amide bonds. The van der Waals surface area contributed by atoms with Gasteiger partial charge in [-0.25, -0.2) is 8.42 Å². The van der Waals surface area contributed by atoms with Crippen LogP contribution in [0.1, 0.15) is 12.8 Å². The molecule has 6 nitrogen and oxygen atoms in total. The number of hydrogen-bond acceptors (Lipinski definition) is 5. The molecule has 1 aliphatic heterocycles. The largest absolute Gasteiger partial charge is 0.381 e. The van der Waals surface area contributed by atoms with Crippen LogP contribution in [0.2, 0.25) is 5.02 Å². The molecule has 0 aliphatic carbocycles. The van der Waals surface area contributed by atoms with Crippen LogP contribution in [-0.2, 0) is 9.84 Å². The first-order valence-corrected chi connectivity index (χ1v) is 7.98. The van der Waals surface area contributed by atoms with E-state index in [0.29, 0.717) is 23.6 Å². The highest BCUT2D eigenvalue weighted by Gasteiger charge is 2.24. The molecule has 104 valence electrons. The molecule has 0 unspecified atom stereocenters. The maximum atomic E-state index is 11.3. The van der Waals surface area contributed by atoms with E-state index in [1.807, 2.05) is 0 Å². The van der Waals surface area contributed by atoms with E-state index in [2.05, 4.69) is 5.32 Å². The number of nitro groups is 1. The molecule has 1 N–H and O–H groups in total. The summed E-state index contributed by atoms with van der Waals surface area (Å²) in [6, 6.07) is 4.13. The summed E-state index contributed by atoms with van der Waals surface area (Å²) in [4.78, 5) is 10.2. The Labute approximate surface area is 115 Å². The fraction of sp³-hybridized carbons (Fsp3) is 0.455. The van der Waals surface area contributed by atoms with E-state index in [1.54, 1.807) is 0 Å². The second-order valence-electron chi connectivity index (χ2n) is 4.49. The van der Waals surface area contributed by atoms with Crippen LogP contribution in [0, 0.1) is 10.1 Å². The van der Waals surface area contributed by atoms with Crippen molar-refractivity contribution in [2.75, 3.05) is 16.8 Å². The van der Waals surface area contributed by atoms with E-state index >= 15 is 0 Å².